The van der Waals surface area contributed by atoms with E-state index in [4.69, 9.17) is 4.52 Å². The monoisotopic (exact) mass is 523 g/mol. The minimum absolute atomic E-state index is 0.0502. The highest BCUT2D eigenvalue weighted by Crippen LogP contribution is 2.42. The summed E-state index contributed by atoms with van der Waals surface area (Å²) in [4.78, 5) is 34.0. The molecule has 0 unspecified atom stereocenters. The molecule has 1 saturated carbocycles. The maximum atomic E-state index is 13.4. The molecule has 3 aromatic rings. The first-order valence-corrected chi connectivity index (χ1v) is 12.7. The van der Waals surface area contributed by atoms with Crippen LogP contribution in [-0.2, 0) is 6.18 Å². The SMILES string of the molecule is Cc1c(C(F)(F)F)cc2c(=O)nc(N3CCC(c4nc(C5CCCCC5)no4)CC3)sc2c1[N+](=O)[O-]. The van der Waals surface area contributed by atoms with E-state index in [2.05, 4.69) is 15.1 Å². The number of hydrogen-bond acceptors (Lipinski definition) is 9. The molecule has 1 saturated heterocycles. The van der Waals surface area contributed by atoms with Gasteiger partial charge in [-0.05, 0) is 38.7 Å². The quantitative estimate of drug-likeness (QED) is 0.316. The van der Waals surface area contributed by atoms with E-state index in [0.29, 0.717) is 43.8 Å². The molecule has 0 amide bonds. The first-order valence-electron chi connectivity index (χ1n) is 11.9. The van der Waals surface area contributed by atoms with Gasteiger partial charge in [-0.15, -0.1) is 0 Å². The average Bonchev–Trinajstić information content (AvgIpc) is 3.34. The van der Waals surface area contributed by atoms with E-state index in [1.165, 1.54) is 19.3 Å². The Morgan fingerprint density at radius 3 is 2.44 bits per heavy atom. The van der Waals surface area contributed by atoms with Gasteiger partial charge in [0, 0.05) is 30.5 Å². The smallest absolute Gasteiger partial charge is 0.348 e. The van der Waals surface area contributed by atoms with Crippen LogP contribution < -0.4 is 10.5 Å². The molecular weight excluding hydrogens is 499 g/mol. The standard InChI is InChI=1S/C23H24F3N5O4S/c1-12-16(23(24,25)26)11-15-18(17(12)31(33)34)36-22(28-20(15)32)30-9-7-14(8-10-30)21-27-19(29-35-21)13-5-3-2-4-6-13/h11,13-14H,2-10H2,1H3. The van der Waals surface area contributed by atoms with Crippen molar-refractivity contribution in [3.05, 3.63) is 49.4 Å². The third-order valence-electron chi connectivity index (χ3n) is 7.16. The molecule has 0 N–H and O–H groups in total. The minimum Gasteiger partial charge on any atom is -0.348 e. The number of hydrogen-bond donors (Lipinski definition) is 0. The molecular formula is C23H24F3N5O4S. The van der Waals surface area contributed by atoms with Gasteiger partial charge in [0.2, 0.25) is 5.89 Å². The van der Waals surface area contributed by atoms with Gasteiger partial charge < -0.3 is 9.42 Å². The summed E-state index contributed by atoms with van der Waals surface area (Å²) in [7, 11) is 0. The van der Waals surface area contributed by atoms with Crippen LogP contribution in [0.1, 0.15) is 79.6 Å². The van der Waals surface area contributed by atoms with Crippen LogP contribution in [0.5, 0.6) is 0 Å². The van der Waals surface area contributed by atoms with E-state index >= 15 is 0 Å². The Labute approximate surface area is 207 Å². The van der Waals surface area contributed by atoms with Gasteiger partial charge in [-0.25, -0.2) is 0 Å². The van der Waals surface area contributed by atoms with E-state index in [9.17, 15) is 28.1 Å². The number of aromatic nitrogens is 3. The molecule has 1 aliphatic carbocycles. The second-order valence-electron chi connectivity index (χ2n) is 9.42. The fraction of sp³-hybridized carbons (Fsp3) is 0.565. The predicted octanol–water partition coefficient (Wildman–Crippen LogP) is 5.71. The molecule has 2 aromatic heterocycles. The molecule has 2 fully saturated rings. The molecule has 0 bridgehead atoms. The van der Waals surface area contributed by atoms with Crippen LogP contribution in [0.2, 0.25) is 0 Å². The lowest BCUT2D eigenvalue weighted by Gasteiger charge is -2.30. The number of fused-ring (bicyclic) bond motifs is 1. The predicted molar refractivity (Wildman–Crippen MR) is 127 cm³/mol. The number of piperidine rings is 1. The lowest BCUT2D eigenvalue weighted by molar-refractivity contribution is -0.383. The maximum Gasteiger partial charge on any atom is 0.416 e. The second kappa shape index (κ2) is 9.41. The van der Waals surface area contributed by atoms with Crippen molar-refractivity contribution in [1.82, 2.24) is 15.1 Å². The van der Waals surface area contributed by atoms with Crippen molar-refractivity contribution in [3.63, 3.8) is 0 Å². The summed E-state index contributed by atoms with van der Waals surface area (Å²) in [6.45, 7) is 2.04. The molecule has 0 spiro atoms. The highest BCUT2D eigenvalue weighted by atomic mass is 32.1. The van der Waals surface area contributed by atoms with Crippen molar-refractivity contribution in [2.45, 2.75) is 69.9 Å². The summed E-state index contributed by atoms with van der Waals surface area (Å²) < 4.78 is 45.8. The summed E-state index contributed by atoms with van der Waals surface area (Å²) in [6, 6.07) is 0.666. The average molecular weight is 524 g/mol. The van der Waals surface area contributed by atoms with Crippen LogP contribution in [0.4, 0.5) is 24.0 Å². The maximum absolute atomic E-state index is 13.4. The Balaban J connectivity index is 1.39. The zero-order valence-electron chi connectivity index (χ0n) is 19.5. The Hall–Kier alpha value is -3.09. The third kappa shape index (κ3) is 4.56. The van der Waals surface area contributed by atoms with E-state index in [0.717, 1.165) is 36.9 Å². The topological polar surface area (TPSA) is 115 Å². The largest absolute Gasteiger partial charge is 0.416 e. The second-order valence-corrected chi connectivity index (χ2v) is 10.4. The van der Waals surface area contributed by atoms with Crippen LogP contribution in [0.15, 0.2) is 15.4 Å². The van der Waals surface area contributed by atoms with Crippen molar-refractivity contribution in [1.29, 1.82) is 0 Å². The Morgan fingerprint density at radius 1 is 1.11 bits per heavy atom. The normalized spacial score (nSPS) is 18.2. The number of nitrogens with zero attached hydrogens (tertiary/aromatic N) is 5. The molecule has 1 aliphatic heterocycles. The zero-order chi connectivity index (χ0) is 25.6. The van der Waals surface area contributed by atoms with Crippen LogP contribution >= 0.6 is 11.3 Å². The first kappa shape index (κ1) is 24.6. The van der Waals surface area contributed by atoms with E-state index in [1.54, 1.807) is 0 Å². The van der Waals surface area contributed by atoms with Gasteiger partial charge in [-0.3, -0.25) is 14.9 Å². The van der Waals surface area contributed by atoms with Gasteiger partial charge in [0.15, 0.2) is 11.0 Å². The highest BCUT2D eigenvalue weighted by Gasteiger charge is 2.38. The molecule has 0 atom stereocenters. The van der Waals surface area contributed by atoms with Gasteiger partial charge in [-0.1, -0.05) is 35.8 Å². The number of anilines is 1. The lowest BCUT2D eigenvalue weighted by atomic mass is 9.89. The summed E-state index contributed by atoms with van der Waals surface area (Å²) in [5.41, 5.74) is -3.34. The van der Waals surface area contributed by atoms with Gasteiger partial charge >= 0.3 is 6.18 Å². The van der Waals surface area contributed by atoms with Crippen molar-refractivity contribution < 1.29 is 22.6 Å². The van der Waals surface area contributed by atoms with E-state index in [-0.39, 0.29) is 15.7 Å². The number of halogens is 3. The first-order chi connectivity index (χ1) is 17.1. The third-order valence-corrected chi connectivity index (χ3v) is 8.31. The summed E-state index contributed by atoms with van der Waals surface area (Å²) >= 11 is 0.870. The van der Waals surface area contributed by atoms with Crippen molar-refractivity contribution in [2.75, 3.05) is 18.0 Å². The fourth-order valence-corrected chi connectivity index (χ4v) is 6.38. The summed E-state index contributed by atoms with van der Waals surface area (Å²) in [6.07, 6.45) is 2.20. The van der Waals surface area contributed by atoms with Crippen molar-refractivity contribution in [2.24, 2.45) is 0 Å². The van der Waals surface area contributed by atoms with Gasteiger partial charge in [0.05, 0.1) is 15.9 Å². The molecule has 2 aliphatic rings. The van der Waals surface area contributed by atoms with Crippen LogP contribution in [-0.4, -0.2) is 33.1 Å². The molecule has 9 nitrogen and oxygen atoms in total. The number of rotatable bonds is 4. The number of nitro groups is 1. The molecule has 1 aromatic carbocycles. The fourth-order valence-electron chi connectivity index (χ4n) is 5.17. The van der Waals surface area contributed by atoms with E-state index in [1.807, 2.05) is 4.90 Å². The van der Waals surface area contributed by atoms with Gasteiger partial charge in [0.1, 0.15) is 4.70 Å². The van der Waals surface area contributed by atoms with Crippen molar-refractivity contribution >= 4 is 32.2 Å². The molecule has 0 radical (unpaired) electrons. The molecule has 192 valence electrons. The van der Waals surface area contributed by atoms with E-state index < -0.39 is 38.9 Å². The van der Waals surface area contributed by atoms with Crippen LogP contribution in [0, 0.1) is 17.0 Å². The highest BCUT2D eigenvalue weighted by molar-refractivity contribution is 7.22. The molecule has 13 heteroatoms. The lowest BCUT2D eigenvalue weighted by Crippen LogP contribution is -2.34. The van der Waals surface area contributed by atoms with Crippen LogP contribution in [0.25, 0.3) is 10.1 Å². The minimum atomic E-state index is -4.83. The number of alkyl halides is 3. The van der Waals surface area contributed by atoms with Gasteiger partial charge in [-0.2, -0.15) is 23.1 Å². The number of benzene rings is 1. The van der Waals surface area contributed by atoms with Crippen molar-refractivity contribution in [3.8, 4) is 0 Å². The summed E-state index contributed by atoms with van der Waals surface area (Å²) in [5, 5.41) is 15.8. The Kier molecular flexibility index (Phi) is 6.43. The zero-order valence-corrected chi connectivity index (χ0v) is 20.3. The molecule has 36 heavy (non-hydrogen) atoms. The molecule has 3 heterocycles. The summed E-state index contributed by atoms with van der Waals surface area (Å²) in [5.74, 6) is 1.75. The van der Waals surface area contributed by atoms with Crippen LogP contribution in [0.3, 0.4) is 0 Å². The number of nitro benzene ring substituents is 1. The Bertz CT molecular complexity index is 1360. The Morgan fingerprint density at radius 2 is 1.81 bits per heavy atom. The molecule has 5 rings (SSSR count). The van der Waals surface area contributed by atoms with Gasteiger partial charge in [0.25, 0.3) is 11.2 Å².